The third-order valence-corrected chi connectivity index (χ3v) is 6.79. The lowest BCUT2D eigenvalue weighted by Gasteiger charge is -2.34. The number of aromatic nitrogens is 2. The van der Waals surface area contributed by atoms with Gasteiger partial charge in [0.05, 0.1) is 5.39 Å². The molecule has 0 spiro atoms. The summed E-state index contributed by atoms with van der Waals surface area (Å²) >= 11 is 1.84. The van der Waals surface area contributed by atoms with Crippen LogP contribution >= 0.6 is 11.3 Å². The average Bonchev–Trinajstić information content (AvgIpc) is 3.00. The molecule has 1 fully saturated rings. The van der Waals surface area contributed by atoms with Gasteiger partial charge in [0, 0.05) is 51.1 Å². The van der Waals surface area contributed by atoms with Gasteiger partial charge in [0.15, 0.2) is 0 Å². The molecule has 0 aromatic carbocycles. The number of nitrogens with zero attached hydrogens (tertiary/aromatic N) is 4. The van der Waals surface area contributed by atoms with Crippen LogP contribution in [0.2, 0.25) is 0 Å². The number of piperazine rings is 1. The smallest absolute Gasteiger partial charge is 0.219 e. The second-order valence-corrected chi connectivity index (χ2v) is 8.61. The number of fused-ring (bicyclic) bond motifs is 3. The first-order chi connectivity index (χ1) is 12.6. The van der Waals surface area contributed by atoms with Crippen molar-refractivity contribution in [1.82, 2.24) is 19.8 Å². The topological polar surface area (TPSA) is 61.4 Å². The molecule has 1 aliphatic carbocycles. The van der Waals surface area contributed by atoms with Crippen molar-refractivity contribution in [3.8, 4) is 0 Å². The largest absolute Gasteiger partial charge is 0.368 e. The molecule has 2 aromatic rings. The maximum absolute atomic E-state index is 11.4. The molecule has 1 saturated heterocycles. The highest BCUT2D eigenvalue weighted by atomic mass is 32.1. The zero-order chi connectivity index (χ0) is 18.1. The van der Waals surface area contributed by atoms with Gasteiger partial charge in [0.1, 0.15) is 17.0 Å². The predicted octanol–water partition coefficient (Wildman–Crippen LogP) is 2.39. The first-order valence-electron chi connectivity index (χ1n) is 9.59. The van der Waals surface area contributed by atoms with Gasteiger partial charge in [0.25, 0.3) is 0 Å². The van der Waals surface area contributed by atoms with Crippen LogP contribution in [0.3, 0.4) is 0 Å². The Kier molecular flexibility index (Phi) is 5.09. The van der Waals surface area contributed by atoms with E-state index < -0.39 is 0 Å². The van der Waals surface area contributed by atoms with E-state index in [-0.39, 0.29) is 5.91 Å². The lowest BCUT2D eigenvalue weighted by molar-refractivity contribution is -0.130. The Morgan fingerprint density at radius 2 is 2.12 bits per heavy atom. The van der Waals surface area contributed by atoms with Crippen LogP contribution in [-0.4, -0.2) is 64.9 Å². The summed E-state index contributed by atoms with van der Waals surface area (Å²) in [6, 6.07) is 0. The molecule has 0 radical (unpaired) electrons. The van der Waals surface area contributed by atoms with Crippen LogP contribution in [0.25, 0.3) is 10.2 Å². The zero-order valence-corrected chi connectivity index (χ0v) is 16.4. The molecule has 1 N–H and O–H groups in total. The van der Waals surface area contributed by atoms with Crippen molar-refractivity contribution in [2.75, 3.05) is 44.6 Å². The van der Waals surface area contributed by atoms with Crippen molar-refractivity contribution in [2.24, 2.45) is 5.92 Å². The quantitative estimate of drug-likeness (QED) is 0.892. The third kappa shape index (κ3) is 3.55. The van der Waals surface area contributed by atoms with Gasteiger partial charge in [-0.2, -0.15) is 0 Å². The van der Waals surface area contributed by atoms with Gasteiger partial charge < -0.3 is 10.2 Å². The summed E-state index contributed by atoms with van der Waals surface area (Å²) in [6.45, 7) is 9.41. The summed E-state index contributed by atoms with van der Waals surface area (Å²) in [5, 5.41) is 4.80. The normalized spacial score (nSPS) is 21.0. The zero-order valence-electron chi connectivity index (χ0n) is 15.6. The summed E-state index contributed by atoms with van der Waals surface area (Å²) in [7, 11) is 0. The van der Waals surface area contributed by atoms with Crippen molar-refractivity contribution >= 4 is 33.3 Å². The van der Waals surface area contributed by atoms with Gasteiger partial charge in [-0.1, -0.05) is 6.92 Å². The molecule has 2 aliphatic rings. The molecule has 26 heavy (non-hydrogen) atoms. The maximum Gasteiger partial charge on any atom is 0.219 e. The number of rotatable bonds is 4. The number of thiophene rings is 1. The van der Waals surface area contributed by atoms with Crippen molar-refractivity contribution in [1.29, 1.82) is 0 Å². The van der Waals surface area contributed by atoms with E-state index in [0.717, 1.165) is 62.3 Å². The Bertz CT molecular complexity index is 797. The molecule has 1 aliphatic heterocycles. The van der Waals surface area contributed by atoms with Crippen LogP contribution in [0, 0.1) is 5.92 Å². The molecule has 2 aromatic heterocycles. The predicted molar refractivity (Wildman–Crippen MR) is 106 cm³/mol. The highest BCUT2D eigenvalue weighted by Gasteiger charge is 2.23. The summed E-state index contributed by atoms with van der Waals surface area (Å²) in [4.78, 5) is 27.4. The number of hydrogen-bond acceptors (Lipinski definition) is 6. The summed E-state index contributed by atoms with van der Waals surface area (Å²) in [6.07, 6.45) is 5.26. The second-order valence-electron chi connectivity index (χ2n) is 7.53. The van der Waals surface area contributed by atoms with Gasteiger partial charge >= 0.3 is 0 Å². The van der Waals surface area contributed by atoms with Crippen molar-refractivity contribution in [3.05, 3.63) is 16.8 Å². The first-order valence-corrected chi connectivity index (χ1v) is 10.4. The molecule has 0 unspecified atom stereocenters. The lowest BCUT2D eigenvalue weighted by atomic mass is 9.89. The number of nitrogens with one attached hydrogen (secondary N) is 1. The molecule has 4 rings (SSSR count). The Morgan fingerprint density at radius 3 is 2.88 bits per heavy atom. The molecule has 7 heteroatoms. The molecular weight excluding hydrogens is 346 g/mol. The van der Waals surface area contributed by atoms with Crippen molar-refractivity contribution < 1.29 is 4.79 Å². The van der Waals surface area contributed by atoms with Crippen LogP contribution in [0.15, 0.2) is 6.33 Å². The van der Waals surface area contributed by atoms with Gasteiger partial charge in [-0.3, -0.25) is 9.69 Å². The van der Waals surface area contributed by atoms with Gasteiger partial charge in [-0.05, 0) is 30.7 Å². The molecule has 140 valence electrons. The van der Waals surface area contributed by atoms with E-state index in [2.05, 4.69) is 27.1 Å². The van der Waals surface area contributed by atoms with E-state index in [4.69, 9.17) is 0 Å². The Balaban J connectivity index is 1.40. The van der Waals surface area contributed by atoms with E-state index >= 15 is 0 Å². The molecule has 1 amide bonds. The first kappa shape index (κ1) is 17.7. The minimum absolute atomic E-state index is 0.183. The molecule has 1 atom stereocenters. The highest BCUT2D eigenvalue weighted by Crippen LogP contribution is 2.39. The van der Waals surface area contributed by atoms with E-state index in [1.165, 1.54) is 28.7 Å². The Hall–Kier alpha value is -1.73. The number of aryl methyl sites for hydroxylation is 1. The average molecular weight is 374 g/mol. The van der Waals surface area contributed by atoms with Gasteiger partial charge in [-0.15, -0.1) is 11.3 Å². The third-order valence-electron chi connectivity index (χ3n) is 5.63. The minimum Gasteiger partial charge on any atom is -0.368 e. The van der Waals surface area contributed by atoms with E-state index in [0.29, 0.717) is 0 Å². The summed E-state index contributed by atoms with van der Waals surface area (Å²) < 4.78 is 0. The molecule has 0 saturated carbocycles. The minimum atomic E-state index is 0.183. The summed E-state index contributed by atoms with van der Waals surface area (Å²) in [5.41, 5.74) is 1.47. The molecule has 0 bridgehead atoms. The Morgan fingerprint density at radius 1 is 1.31 bits per heavy atom. The van der Waals surface area contributed by atoms with Crippen LogP contribution in [0.5, 0.6) is 0 Å². The van der Waals surface area contributed by atoms with Crippen molar-refractivity contribution in [3.63, 3.8) is 0 Å². The molecular formula is C19H27N5OS. The number of carbonyl (C=O) groups is 1. The number of carbonyl (C=O) groups excluding carboxylic acids is 1. The van der Waals surface area contributed by atoms with Gasteiger partial charge in [-0.25, -0.2) is 9.97 Å². The van der Waals surface area contributed by atoms with Crippen LogP contribution in [0.4, 0.5) is 5.82 Å². The highest BCUT2D eigenvalue weighted by molar-refractivity contribution is 7.19. The second kappa shape index (κ2) is 7.48. The van der Waals surface area contributed by atoms with E-state index in [1.54, 1.807) is 13.3 Å². The van der Waals surface area contributed by atoms with Gasteiger partial charge in [0.2, 0.25) is 5.91 Å². The monoisotopic (exact) mass is 373 g/mol. The standard InChI is InChI=1S/C19H27N5OS/c1-13-3-4-15-16(11-13)26-19-17(15)18(21-12-22-19)20-5-6-23-7-9-24(10-8-23)14(2)25/h12-13H,3-11H2,1-2H3,(H,20,21,22)/t13-/m0/s1. The van der Waals surface area contributed by atoms with Crippen LogP contribution < -0.4 is 5.32 Å². The Labute approximate surface area is 158 Å². The van der Waals surface area contributed by atoms with Crippen LogP contribution in [-0.2, 0) is 17.6 Å². The van der Waals surface area contributed by atoms with Crippen LogP contribution in [0.1, 0.15) is 30.7 Å². The van der Waals surface area contributed by atoms with Crippen molar-refractivity contribution in [2.45, 2.75) is 33.1 Å². The number of amides is 1. The molecule has 3 heterocycles. The fourth-order valence-electron chi connectivity index (χ4n) is 4.03. The number of hydrogen-bond donors (Lipinski definition) is 1. The summed E-state index contributed by atoms with van der Waals surface area (Å²) in [5.74, 6) is 1.95. The number of anilines is 1. The fourth-order valence-corrected chi connectivity index (χ4v) is 5.38. The molecule has 6 nitrogen and oxygen atoms in total. The van der Waals surface area contributed by atoms with E-state index in [9.17, 15) is 4.79 Å². The lowest BCUT2D eigenvalue weighted by Crippen LogP contribution is -2.49. The van der Waals surface area contributed by atoms with E-state index in [1.807, 2.05) is 16.2 Å². The SMILES string of the molecule is CC(=O)N1CCN(CCNc2ncnc3sc4c(c23)CC[C@H](C)C4)CC1. The fraction of sp³-hybridized carbons (Fsp3) is 0.632. The maximum atomic E-state index is 11.4.